The Morgan fingerprint density at radius 2 is 2.24 bits per heavy atom. The highest BCUT2D eigenvalue weighted by Gasteiger charge is 2.37. The molecule has 2 atom stereocenters. The van der Waals surface area contributed by atoms with Gasteiger partial charge in [0, 0.05) is 29.5 Å². The zero-order valence-electron chi connectivity index (χ0n) is 11.4. The number of benzene rings is 1. The van der Waals surface area contributed by atoms with Crippen LogP contribution in [0.15, 0.2) is 24.3 Å². The molecule has 110 valence electrons. The van der Waals surface area contributed by atoms with Gasteiger partial charge in [0.15, 0.2) is 0 Å². The molecule has 1 aromatic carbocycles. The van der Waals surface area contributed by atoms with E-state index in [4.69, 9.17) is 17.3 Å². The number of nitrogens with two attached hydrogens (primary N) is 1. The lowest BCUT2D eigenvalue weighted by atomic mass is 10.1. The number of likely N-dealkylation sites (N-methyl/N-ethyl adjacent to an activating group) is 1. The van der Waals surface area contributed by atoms with Gasteiger partial charge in [0.25, 0.3) is 5.91 Å². The molecular weight excluding hydrogens is 292 g/mol. The van der Waals surface area contributed by atoms with E-state index in [0.717, 1.165) is 10.9 Å². The molecule has 0 bridgehead atoms. The van der Waals surface area contributed by atoms with Crippen LogP contribution in [0.3, 0.4) is 0 Å². The van der Waals surface area contributed by atoms with Crippen LogP contribution in [-0.2, 0) is 4.79 Å². The summed E-state index contributed by atoms with van der Waals surface area (Å²) in [7, 11) is 1.67. The van der Waals surface area contributed by atoms with Crippen LogP contribution in [0.5, 0.6) is 0 Å². The molecule has 1 saturated heterocycles. The van der Waals surface area contributed by atoms with Crippen molar-refractivity contribution in [3.05, 3.63) is 35.0 Å². The summed E-state index contributed by atoms with van der Waals surface area (Å²) < 4.78 is 0. The lowest BCUT2D eigenvalue weighted by Crippen LogP contribution is -2.49. The monoisotopic (exact) mass is 306 g/mol. The average Bonchev–Trinajstić information content (AvgIpc) is 2.95. The predicted octanol–water partition coefficient (Wildman–Crippen LogP) is 0.719. The summed E-state index contributed by atoms with van der Waals surface area (Å²) in [6.45, 7) is 0.437. The van der Waals surface area contributed by atoms with Crippen LogP contribution in [0.1, 0.15) is 10.5 Å². The van der Waals surface area contributed by atoms with Gasteiger partial charge in [-0.1, -0.05) is 11.6 Å². The van der Waals surface area contributed by atoms with E-state index >= 15 is 0 Å². The van der Waals surface area contributed by atoms with Gasteiger partial charge in [-0.2, -0.15) is 0 Å². The van der Waals surface area contributed by atoms with Crippen LogP contribution in [0.2, 0.25) is 5.02 Å². The molecule has 0 radical (unpaired) electrons. The van der Waals surface area contributed by atoms with Crippen LogP contribution in [0.25, 0.3) is 10.9 Å². The van der Waals surface area contributed by atoms with Gasteiger partial charge in [-0.3, -0.25) is 9.59 Å². The summed E-state index contributed by atoms with van der Waals surface area (Å²) in [5, 5.41) is 4.12. The third-order valence-corrected chi connectivity index (χ3v) is 3.90. The number of hydrogen-bond donors (Lipinski definition) is 3. The van der Waals surface area contributed by atoms with E-state index in [1.54, 1.807) is 31.3 Å². The van der Waals surface area contributed by atoms with E-state index in [1.165, 1.54) is 4.90 Å². The van der Waals surface area contributed by atoms with Crippen molar-refractivity contribution in [2.24, 2.45) is 5.73 Å². The van der Waals surface area contributed by atoms with Crippen LogP contribution in [0.4, 0.5) is 0 Å². The SMILES string of the molecule is CN1C[C@H](N)[C@H](NC(=O)c2cc3cc(Cl)ccc3[nH]2)C1=O. The maximum Gasteiger partial charge on any atom is 0.268 e. The first-order chi connectivity index (χ1) is 9.95. The van der Waals surface area contributed by atoms with E-state index in [9.17, 15) is 9.59 Å². The molecule has 2 heterocycles. The Labute approximate surface area is 126 Å². The second-order valence-electron chi connectivity index (χ2n) is 5.25. The Kier molecular flexibility index (Phi) is 3.35. The molecule has 0 unspecified atom stereocenters. The number of aromatic amines is 1. The molecule has 0 spiro atoms. The minimum Gasteiger partial charge on any atom is -0.351 e. The first kappa shape index (κ1) is 13.9. The van der Waals surface area contributed by atoms with Crippen LogP contribution >= 0.6 is 11.6 Å². The Hall–Kier alpha value is -2.05. The van der Waals surface area contributed by atoms with Gasteiger partial charge in [0.05, 0.1) is 6.04 Å². The van der Waals surface area contributed by atoms with Crippen molar-refractivity contribution in [1.29, 1.82) is 0 Å². The fraction of sp³-hybridized carbons (Fsp3) is 0.286. The normalized spacial score (nSPS) is 22.0. The lowest BCUT2D eigenvalue weighted by Gasteiger charge is -2.13. The van der Waals surface area contributed by atoms with E-state index in [1.807, 2.05) is 0 Å². The minimum atomic E-state index is -0.683. The molecule has 6 nitrogen and oxygen atoms in total. The quantitative estimate of drug-likeness (QED) is 0.763. The number of hydrogen-bond acceptors (Lipinski definition) is 3. The maximum absolute atomic E-state index is 12.3. The second kappa shape index (κ2) is 5.05. The molecule has 1 aliphatic rings. The molecule has 1 aliphatic heterocycles. The number of nitrogens with zero attached hydrogens (tertiary/aromatic N) is 1. The van der Waals surface area contributed by atoms with Crippen LogP contribution in [-0.4, -0.2) is 47.4 Å². The van der Waals surface area contributed by atoms with Crippen molar-refractivity contribution in [2.45, 2.75) is 12.1 Å². The van der Waals surface area contributed by atoms with Crippen molar-refractivity contribution >= 4 is 34.3 Å². The van der Waals surface area contributed by atoms with Crippen LogP contribution < -0.4 is 11.1 Å². The van der Waals surface area contributed by atoms with Crippen LogP contribution in [0, 0.1) is 0 Å². The summed E-state index contributed by atoms with van der Waals surface area (Å²) >= 11 is 5.92. The topological polar surface area (TPSA) is 91.2 Å². The zero-order chi connectivity index (χ0) is 15.1. The number of nitrogens with one attached hydrogen (secondary N) is 2. The molecular formula is C14H15ClN4O2. The van der Waals surface area contributed by atoms with Gasteiger partial charge < -0.3 is 20.9 Å². The number of H-pyrrole nitrogens is 1. The molecule has 4 N–H and O–H groups in total. The molecule has 0 aliphatic carbocycles. The van der Waals surface area contributed by atoms with Gasteiger partial charge >= 0.3 is 0 Å². The molecule has 7 heteroatoms. The first-order valence-electron chi connectivity index (χ1n) is 6.55. The largest absolute Gasteiger partial charge is 0.351 e. The molecule has 0 saturated carbocycles. The Morgan fingerprint density at radius 3 is 2.90 bits per heavy atom. The van der Waals surface area contributed by atoms with Gasteiger partial charge in [0.2, 0.25) is 5.91 Å². The summed E-state index contributed by atoms with van der Waals surface area (Å²) in [4.78, 5) is 28.7. The standard InChI is InChI=1S/C14H15ClN4O2/c1-19-6-9(16)12(14(19)21)18-13(20)11-5-7-4-8(15)2-3-10(7)17-11/h2-5,9,12,17H,6,16H2,1H3,(H,18,20)/t9-,12-/m0/s1. The molecule has 1 aromatic heterocycles. The highest BCUT2D eigenvalue weighted by Crippen LogP contribution is 2.20. The van der Waals surface area contributed by atoms with Gasteiger partial charge in [-0.15, -0.1) is 0 Å². The summed E-state index contributed by atoms with van der Waals surface area (Å²) in [6.07, 6.45) is 0. The number of carbonyl (C=O) groups excluding carboxylic acids is 2. The van der Waals surface area contributed by atoms with E-state index < -0.39 is 12.1 Å². The van der Waals surface area contributed by atoms with Gasteiger partial charge in [-0.25, -0.2) is 0 Å². The number of carbonyl (C=O) groups is 2. The molecule has 1 fully saturated rings. The molecule has 3 rings (SSSR count). The van der Waals surface area contributed by atoms with E-state index in [0.29, 0.717) is 17.3 Å². The average molecular weight is 307 g/mol. The summed E-state index contributed by atoms with van der Waals surface area (Å²) in [5.74, 6) is -0.526. The highest BCUT2D eigenvalue weighted by molar-refractivity contribution is 6.31. The number of amides is 2. The van der Waals surface area contributed by atoms with E-state index in [2.05, 4.69) is 10.3 Å². The fourth-order valence-electron chi connectivity index (χ4n) is 2.55. The van der Waals surface area contributed by atoms with Gasteiger partial charge in [0.1, 0.15) is 11.7 Å². The molecule has 21 heavy (non-hydrogen) atoms. The smallest absolute Gasteiger partial charge is 0.268 e. The Bertz CT molecular complexity index is 727. The number of fused-ring (bicyclic) bond motifs is 1. The van der Waals surface area contributed by atoms with Crippen molar-refractivity contribution in [3.63, 3.8) is 0 Å². The zero-order valence-corrected chi connectivity index (χ0v) is 12.1. The van der Waals surface area contributed by atoms with Crippen molar-refractivity contribution in [1.82, 2.24) is 15.2 Å². The molecule has 2 aromatic rings. The first-order valence-corrected chi connectivity index (χ1v) is 6.93. The van der Waals surface area contributed by atoms with E-state index in [-0.39, 0.29) is 11.8 Å². The van der Waals surface area contributed by atoms with Crippen molar-refractivity contribution in [3.8, 4) is 0 Å². The van der Waals surface area contributed by atoms with Crippen molar-refractivity contribution in [2.75, 3.05) is 13.6 Å². The lowest BCUT2D eigenvalue weighted by molar-refractivity contribution is -0.128. The Morgan fingerprint density at radius 1 is 1.48 bits per heavy atom. The summed E-state index contributed by atoms with van der Waals surface area (Å²) in [5.41, 5.74) is 7.06. The Balaban J connectivity index is 1.82. The minimum absolute atomic E-state index is 0.171. The number of rotatable bonds is 2. The third kappa shape index (κ3) is 2.48. The third-order valence-electron chi connectivity index (χ3n) is 3.67. The number of likely N-dealkylation sites (tertiary alicyclic amines) is 1. The summed E-state index contributed by atoms with van der Waals surface area (Å²) in [6, 6.07) is 5.93. The number of aromatic nitrogens is 1. The fourth-order valence-corrected chi connectivity index (χ4v) is 2.73. The highest BCUT2D eigenvalue weighted by atomic mass is 35.5. The van der Waals surface area contributed by atoms with Gasteiger partial charge in [-0.05, 0) is 24.3 Å². The molecule has 2 amide bonds. The second-order valence-corrected chi connectivity index (χ2v) is 5.68. The van der Waals surface area contributed by atoms with Crippen molar-refractivity contribution < 1.29 is 9.59 Å². The maximum atomic E-state index is 12.3. The number of halogens is 1. The predicted molar refractivity (Wildman–Crippen MR) is 80.2 cm³/mol.